The largest absolute Gasteiger partial charge is 0.366 e. The van der Waals surface area contributed by atoms with Gasteiger partial charge >= 0.3 is 0 Å². The van der Waals surface area contributed by atoms with Crippen molar-refractivity contribution in [2.24, 2.45) is 0 Å². The first-order chi connectivity index (χ1) is 7.81. The predicted molar refractivity (Wildman–Crippen MR) is 65.4 cm³/mol. The van der Waals surface area contributed by atoms with E-state index in [1.165, 1.54) is 24.0 Å². The number of H-pyrrole nitrogens is 1. The zero-order chi connectivity index (χ0) is 11.0. The predicted octanol–water partition coefficient (Wildman–Crippen LogP) is 2.96. The average Bonchev–Trinajstić information content (AvgIpc) is 2.97. The van der Waals surface area contributed by atoms with E-state index in [0.29, 0.717) is 6.04 Å². The van der Waals surface area contributed by atoms with Gasteiger partial charge in [0.15, 0.2) is 0 Å². The first-order valence-electron chi connectivity index (χ1n) is 5.70. The molecule has 1 saturated carbocycles. The van der Waals surface area contributed by atoms with Gasteiger partial charge in [-0.1, -0.05) is 29.8 Å². The Morgan fingerprint density at radius 3 is 2.69 bits per heavy atom. The third kappa shape index (κ3) is 1.94. The molecule has 3 heteroatoms. The SMILES string of the molecule is Cc1ccc(-c2cc(NC3CC3)n[nH]2)cc1. The lowest BCUT2D eigenvalue weighted by atomic mass is 10.1. The molecule has 1 aliphatic carbocycles. The van der Waals surface area contributed by atoms with E-state index in [0.717, 1.165) is 11.5 Å². The summed E-state index contributed by atoms with van der Waals surface area (Å²) in [7, 11) is 0. The molecule has 1 heterocycles. The Morgan fingerprint density at radius 1 is 1.25 bits per heavy atom. The first-order valence-corrected chi connectivity index (χ1v) is 5.70. The minimum Gasteiger partial charge on any atom is -0.366 e. The number of rotatable bonds is 3. The molecule has 1 fully saturated rings. The third-order valence-electron chi connectivity index (χ3n) is 2.87. The average molecular weight is 213 g/mol. The Labute approximate surface area is 94.9 Å². The van der Waals surface area contributed by atoms with Crippen molar-refractivity contribution in [3.8, 4) is 11.3 Å². The van der Waals surface area contributed by atoms with Crippen LogP contribution in [0.3, 0.4) is 0 Å². The van der Waals surface area contributed by atoms with E-state index in [4.69, 9.17) is 0 Å². The van der Waals surface area contributed by atoms with Crippen molar-refractivity contribution in [2.45, 2.75) is 25.8 Å². The topological polar surface area (TPSA) is 40.7 Å². The van der Waals surface area contributed by atoms with E-state index < -0.39 is 0 Å². The van der Waals surface area contributed by atoms with Crippen LogP contribution in [0, 0.1) is 6.92 Å². The second-order valence-electron chi connectivity index (χ2n) is 4.45. The van der Waals surface area contributed by atoms with E-state index >= 15 is 0 Å². The van der Waals surface area contributed by atoms with E-state index in [9.17, 15) is 0 Å². The third-order valence-corrected chi connectivity index (χ3v) is 2.87. The van der Waals surface area contributed by atoms with Crippen LogP contribution in [0.1, 0.15) is 18.4 Å². The van der Waals surface area contributed by atoms with E-state index in [1.807, 2.05) is 0 Å². The number of benzene rings is 1. The van der Waals surface area contributed by atoms with Crippen molar-refractivity contribution >= 4 is 5.82 Å². The van der Waals surface area contributed by atoms with Gasteiger partial charge in [0.2, 0.25) is 0 Å². The Morgan fingerprint density at radius 2 is 2.00 bits per heavy atom. The molecule has 0 saturated heterocycles. The second kappa shape index (κ2) is 3.67. The van der Waals surface area contributed by atoms with Gasteiger partial charge in [-0.05, 0) is 25.3 Å². The molecule has 16 heavy (non-hydrogen) atoms. The van der Waals surface area contributed by atoms with Crippen molar-refractivity contribution in [3.63, 3.8) is 0 Å². The number of anilines is 1. The highest BCUT2D eigenvalue weighted by Crippen LogP contribution is 2.26. The first kappa shape index (κ1) is 9.46. The number of nitrogens with zero attached hydrogens (tertiary/aromatic N) is 1. The summed E-state index contributed by atoms with van der Waals surface area (Å²) in [5, 5.41) is 10.7. The second-order valence-corrected chi connectivity index (χ2v) is 4.45. The van der Waals surface area contributed by atoms with Crippen molar-refractivity contribution in [1.29, 1.82) is 0 Å². The maximum atomic E-state index is 4.26. The van der Waals surface area contributed by atoms with Crippen LogP contribution >= 0.6 is 0 Å². The number of hydrogen-bond donors (Lipinski definition) is 2. The highest BCUT2D eigenvalue weighted by Gasteiger charge is 2.21. The summed E-state index contributed by atoms with van der Waals surface area (Å²) in [6.07, 6.45) is 2.54. The molecule has 0 atom stereocenters. The molecule has 0 radical (unpaired) electrons. The number of nitrogens with one attached hydrogen (secondary N) is 2. The Bertz CT molecular complexity index is 480. The summed E-state index contributed by atoms with van der Waals surface area (Å²) in [6, 6.07) is 11.2. The molecule has 0 spiro atoms. The summed E-state index contributed by atoms with van der Waals surface area (Å²) >= 11 is 0. The van der Waals surface area contributed by atoms with Gasteiger partial charge in [-0.3, -0.25) is 5.10 Å². The normalized spacial score (nSPS) is 15.1. The van der Waals surface area contributed by atoms with Gasteiger partial charge in [0.05, 0.1) is 5.69 Å². The molecule has 3 rings (SSSR count). The zero-order valence-electron chi connectivity index (χ0n) is 9.33. The van der Waals surface area contributed by atoms with Crippen LogP contribution in [-0.2, 0) is 0 Å². The van der Waals surface area contributed by atoms with Crippen molar-refractivity contribution < 1.29 is 0 Å². The van der Waals surface area contributed by atoms with Gasteiger partial charge < -0.3 is 5.32 Å². The number of aromatic nitrogens is 2. The summed E-state index contributed by atoms with van der Waals surface area (Å²) in [5.74, 6) is 0.957. The maximum absolute atomic E-state index is 4.26. The molecule has 1 aliphatic rings. The van der Waals surface area contributed by atoms with E-state index in [-0.39, 0.29) is 0 Å². The highest BCUT2D eigenvalue weighted by atomic mass is 15.2. The van der Waals surface area contributed by atoms with Crippen molar-refractivity contribution in [1.82, 2.24) is 10.2 Å². The molecular formula is C13H15N3. The molecule has 82 valence electrons. The Hall–Kier alpha value is -1.77. The Kier molecular flexibility index (Phi) is 2.17. The molecule has 0 amide bonds. The standard InChI is InChI=1S/C13H15N3/c1-9-2-4-10(5-3-9)12-8-13(16-15-12)14-11-6-7-11/h2-5,8,11H,6-7H2,1H3,(H2,14,15,16). The lowest BCUT2D eigenvalue weighted by Gasteiger charge is -1.97. The quantitative estimate of drug-likeness (QED) is 0.823. The summed E-state index contributed by atoms with van der Waals surface area (Å²) in [6.45, 7) is 2.09. The molecule has 0 aliphatic heterocycles. The molecule has 3 nitrogen and oxygen atoms in total. The van der Waals surface area contributed by atoms with Gasteiger partial charge in [-0.25, -0.2) is 0 Å². The van der Waals surface area contributed by atoms with Crippen LogP contribution in [-0.4, -0.2) is 16.2 Å². The Balaban J connectivity index is 1.82. The molecule has 0 bridgehead atoms. The van der Waals surface area contributed by atoms with Gasteiger partial charge in [-0.2, -0.15) is 5.10 Å². The summed E-state index contributed by atoms with van der Waals surface area (Å²) in [4.78, 5) is 0. The van der Waals surface area contributed by atoms with Gasteiger partial charge in [0.1, 0.15) is 5.82 Å². The summed E-state index contributed by atoms with van der Waals surface area (Å²) in [5.41, 5.74) is 3.53. The molecule has 1 aromatic carbocycles. The number of aromatic amines is 1. The van der Waals surface area contributed by atoms with Gasteiger partial charge in [-0.15, -0.1) is 0 Å². The van der Waals surface area contributed by atoms with Gasteiger partial charge in [0, 0.05) is 12.1 Å². The highest BCUT2D eigenvalue weighted by molar-refractivity contribution is 5.63. The van der Waals surface area contributed by atoms with Crippen LogP contribution in [0.25, 0.3) is 11.3 Å². The molecular weight excluding hydrogens is 198 g/mol. The van der Waals surface area contributed by atoms with Crippen LogP contribution in [0.5, 0.6) is 0 Å². The van der Waals surface area contributed by atoms with Crippen molar-refractivity contribution in [3.05, 3.63) is 35.9 Å². The smallest absolute Gasteiger partial charge is 0.148 e. The van der Waals surface area contributed by atoms with Crippen molar-refractivity contribution in [2.75, 3.05) is 5.32 Å². The fourth-order valence-corrected chi connectivity index (χ4v) is 1.71. The molecule has 1 aromatic heterocycles. The lowest BCUT2D eigenvalue weighted by molar-refractivity contribution is 1.05. The van der Waals surface area contributed by atoms with E-state index in [2.05, 4.69) is 52.8 Å². The summed E-state index contributed by atoms with van der Waals surface area (Å²) < 4.78 is 0. The van der Waals surface area contributed by atoms with Crippen LogP contribution in [0.4, 0.5) is 5.82 Å². The maximum Gasteiger partial charge on any atom is 0.148 e. The molecule has 2 aromatic rings. The molecule has 2 N–H and O–H groups in total. The fraction of sp³-hybridized carbons (Fsp3) is 0.308. The van der Waals surface area contributed by atoms with E-state index in [1.54, 1.807) is 0 Å². The van der Waals surface area contributed by atoms with Gasteiger partial charge in [0.25, 0.3) is 0 Å². The fourth-order valence-electron chi connectivity index (χ4n) is 1.71. The lowest BCUT2D eigenvalue weighted by Crippen LogP contribution is -2.00. The zero-order valence-corrected chi connectivity index (χ0v) is 9.33. The van der Waals surface area contributed by atoms with Crippen LogP contribution in [0.15, 0.2) is 30.3 Å². The van der Waals surface area contributed by atoms with Crippen LogP contribution < -0.4 is 5.32 Å². The molecule has 0 unspecified atom stereocenters. The number of hydrogen-bond acceptors (Lipinski definition) is 2. The van der Waals surface area contributed by atoms with Crippen LogP contribution in [0.2, 0.25) is 0 Å². The monoisotopic (exact) mass is 213 g/mol. The minimum atomic E-state index is 0.647. The number of aryl methyl sites for hydroxylation is 1. The minimum absolute atomic E-state index is 0.647.